The monoisotopic (exact) mass is 210 g/mol. The average Bonchev–Trinajstić information content (AvgIpc) is 2.30. The predicted molar refractivity (Wildman–Crippen MR) is 59.7 cm³/mol. The van der Waals surface area contributed by atoms with Crippen molar-refractivity contribution in [2.24, 2.45) is 0 Å². The maximum absolute atomic E-state index is 5.35. The SMILES string of the molecule is CCOCN(COCC)c1ccccn1. The van der Waals surface area contributed by atoms with Gasteiger partial charge in [0.05, 0.1) is 0 Å². The van der Waals surface area contributed by atoms with E-state index in [1.807, 2.05) is 36.9 Å². The fraction of sp³-hybridized carbons (Fsp3) is 0.545. The molecule has 1 aromatic heterocycles. The third kappa shape index (κ3) is 4.27. The molecule has 0 aliphatic heterocycles. The summed E-state index contributed by atoms with van der Waals surface area (Å²) in [7, 11) is 0. The molecule has 0 saturated heterocycles. The molecule has 4 nitrogen and oxygen atoms in total. The highest BCUT2D eigenvalue weighted by Crippen LogP contribution is 2.08. The maximum Gasteiger partial charge on any atom is 0.132 e. The van der Waals surface area contributed by atoms with Gasteiger partial charge in [-0.1, -0.05) is 6.07 Å². The summed E-state index contributed by atoms with van der Waals surface area (Å²) in [6, 6.07) is 5.79. The third-order valence-corrected chi connectivity index (χ3v) is 1.88. The highest BCUT2D eigenvalue weighted by molar-refractivity contribution is 5.36. The van der Waals surface area contributed by atoms with Crippen LogP contribution in [0.2, 0.25) is 0 Å². The van der Waals surface area contributed by atoms with Crippen molar-refractivity contribution in [3.8, 4) is 0 Å². The number of ether oxygens (including phenoxy) is 2. The second-order valence-corrected chi connectivity index (χ2v) is 2.97. The molecule has 0 aliphatic carbocycles. The highest BCUT2D eigenvalue weighted by atomic mass is 16.5. The molecule has 0 amide bonds. The van der Waals surface area contributed by atoms with Crippen LogP contribution in [0.25, 0.3) is 0 Å². The average molecular weight is 210 g/mol. The van der Waals surface area contributed by atoms with Gasteiger partial charge in [0.25, 0.3) is 0 Å². The Balaban J connectivity index is 2.55. The van der Waals surface area contributed by atoms with Crippen LogP contribution in [0.4, 0.5) is 5.82 Å². The van der Waals surface area contributed by atoms with E-state index in [2.05, 4.69) is 4.98 Å². The van der Waals surface area contributed by atoms with Crippen molar-refractivity contribution in [3.05, 3.63) is 24.4 Å². The third-order valence-electron chi connectivity index (χ3n) is 1.88. The summed E-state index contributed by atoms with van der Waals surface area (Å²) in [5.41, 5.74) is 0. The molecule has 0 saturated carbocycles. The fourth-order valence-electron chi connectivity index (χ4n) is 1.11. The van der Waals surface area contributed by atoms with Crippen LogP contribution in [0, 0.1) is 0 Å². The van der Waals surface area contributed by atoms with E-state index >= 15 is 0 Å². The Bertz CT molecular complexity index is 246. The van der Waals surface area contributed by atoms with Crippen LogP contribution in [-0.2, 0) is 9.47 Å². The molecule has 0 atom stereocenters. The predicted octanol–water partition coefficient (Wildman–Crippen LogP) is 1.88. The lowest BCUT2D eigenvalue weighted by Crippen LogP contribution is -2.29. The summed E-state index contributed by atoms with van der Waals surface area (Å²) >= 11 is 0. The normalized spacial score (nSPS) is 10.3. The summed E-state index contributed by atoms with van der Waals surface area (Å²) in [5, 5.41) is 0. The molecule has 0 aliphatic rings. The number of anilines is 1. The molecule has 0 fully saturated rings. The van der Waals surface area contributed by atoms with Crippen molar-refractivity contribution < 1.29 is 9.47 Å². The van der Waals surface area contributed by atoms with E-state index in [1.54, 1.807) is 6.20 Å². The Morgan fingerprint density at radius 3 is 2.27 bits per heavy atom. The Labute approximate surface area is 90.8 Å². The van der Waals surface area contributed by atoms with Gasteiger partial charge in [-0.3, -0.25) is 0 Å². The number of nitrogens with zero attached hydrogens (tertiary/aromatic N) is 2. The lowest BCUT2D eigenvalue weighted by Gasteiger charge is -2.22. The van der Waals surface area contributed by atoms with Gasteiger partial charge in [-0.25, -0.2) is 4.98 Å². The van der Waals surface area contributed by atoms with Crippen LogP contribution in [0.5, 0.6) is 0 Å². The Morgan fingerprint density at radius 1 is 1.13 bits per heavy atom. The van der Waals surface area contributed by atoms with Gasteiger partial charge in [0, 0.05) is 19.4 Å². The number of pyridine rings is 1. The summed E-state index contributed by atoms with van der Waals surface area (Å²) in [6.07, 6.45) is 1.76. The molecule has 1 rings (SSSR count). The van der Waals surface area contributed by atoms with Crippen molar-refractivity contribution in [3.63, 3.8) is 0 Å². The zero-order chi connectivity index (χ0) is 10.9. The Kier molecular flexibility index (Phi) is 5.73. The molecule has 0 bridgehead atoms. The molecule has 1 heterocycles. The standard InChI is InChI=1S/C11H18N2O2/c1-3-14-9-13(10-15-4-2)11-7-5-6-8-12-11/h5-8H,3-4,9-10H2,1-2H3. The molecule has 84 valence electrons. The van der Waals surface area contributed by atoms with Crippen LogP contribution in [-0.4, -0.2) is 31.7 Å². The van der Waals surface area contributed by atoms with Gasteiger partial charge in [0.15, 0.2) is 0 Å². The zero-order valence-corrected chi connectivity index (χ0v) is 9.35. The van der Waals surface area contributed by atoms with Crippen molar-refractivity contribution in [1.29, 1.82) is 0 Å². The van der Waals surface area contributed by atoms with Crippen molar-refractivity contribution in [2.75, 3.05) is 31.6 Å². The number of rotatable bonds is 7. The minimum Gasteiger partial charge on any atom is -0.361 e. The van der Waals surface area contributed by atoms with Gasteiger partial charge in [0.2, 0.25) is 0 Å². The van der Waals surface area contributed by atoms with Crippen molar-refractivity contribution >= 4 is 5.82 Å². The molecular weight excluding hydrogens is 192 g/mol. The molecule has 4 heteroatoms. The second-order valence-electron chi connectivity index (χ2n) is 2.97. The molecule has 0 radical (unpaired) electrons. The lowest BCUT2D eigenvalue weighted by atomic mass is 10.4. The largest absolute Gasteiger partial charge is 0.361 e. The second kappa shape index (κ2) is 7.20. The minimum atomic E-state index is 0.507. The topological polar surface area (TPSA) is 34.6 Å². The molecule has 0 N–H and O–H groups in total. The van der Waals surface area contributed by atoms with E-state index in [-0.39, 0.29) is 0 Å². The van der Waals surface area contributed by atoms with Gasteiger partial charge in [0.1, 0.15) is 19.3 Å². The van der Waals surface area contributed by atoms with Crippen molar-refractivity contribution in [2.45, 2.75) is 13.8 Å². The molecule has 0 aromatic carbocycles. The molecule has 0 spiro atoms. The van der Waals surface area contributed by atoms with Crippen LogP contribution in [0.15, 0.2) is 24.4 Å². The first-order valence-corrected chi connectivity index (χ1v) is 5.20. The number of hydrogen-bond acceptors (Lipinski definition) is 4. The fourth-order valence-corrected chi connectivity index (χ4v) is 1.11. The van der Waals surface area contributed by atoms with E-state index in [0.717, 1.165) is 5.82 Å². The van der Waals surface area contributed by atoms with Gasteiger partial charge < -0.3 is 14.4 Å². The van der Waals surface area contributed by atoms with Gasteiger partial charge >= 0.3 is 0 Å². The van der Waals surface area contributed by atoms with Crippen LogP contribution in [0.1, 0.15) is 13.8 Å². The molecular formula is C11H18N2O2. The van der Waals surface area contributed by atoms with Gasteiger partial charge in [-0.15, -0.1) is 0 Å². The number of hydrogen-bond donors (Lipinski definition) is 0. The van der Waals surface area contributed by atoms with E-state index in [1.165, 1.54) is 0 Å². The zero-order valence-electron chi connectivity index (χ0n) is 9.35. The summed E-state index contributed by atoms with van der Waals surface area (Å²) in [5.74, 6) is 0.874. The smallest absolute Gasteiger partial charge is 0.132 e. The Hall–Kier alpha value is -1.13. The quantitative estimate of drug-likeness (QED) is 0.643. The van der Waals surface area contributed by atoms with Gasteiger partial charge in [-0.05, 0) is 26.0 Å². The number of aromatic nitrogens is 1. The Morgan fingerprint density at radius 2 is 1.80 bits per heavy atom. The first-order valence-electron chi connectivity index (χ1n) is 5.20. The molecule has 0 unspecified atom stereocenters. The summed E-state index contributed by atoms with van der Waals surface area (Å²) in [6.45, 7) is 6.33. The van der Waals surface area contributed by atoms with Gasteiger partial charge in [-0.2, -0.15) is 0 Å². The van der Waals surface area contributed by atoms with Crippen LogP contribution in [0.3, 0.4) is 0 Å². The lowest BCUT2D eigenvalue weighted by molar-refractivity contribution is 0.0953. The van der Waals surface area contributed by atoms with E-state index in [4.69, 9.17) is 9.47 Å². The molecule has 1 aromatic rings. The minimum absolute atomic E-state index is 0.507. The molecule has 15 heavy (non-hydrogen) atoms. The van der Waals surface area contributed by atoms with Crippen molar-refractivity contribution in [1.82, 2.24) is 4.98 Å². The summed E-state index contributed by atoms with van der Waals surface area (Å²) in [4.78, 5) is 6.20. The van der Waals surface area contributed by atoms with E-state index in [9.17, 15) is 0 Å². The first kappa shape index (κ1) is 11.9. The van der Waals surface area contributed by atoms with E-state index in [0.29, 0.717) is 26.7 Å². The maximum atomic E-state index is 5.35. The highest BCUT2D eigenvalue weighted by Gasteiger charge is 2.06. The van der Waals surface area contributed by atoms with Crippen LogP contribution < -0.4 is 4.90 Å². The van der Waals surface area contributed by atoms with Crippen LogP contribution >= 0.6 is 0 Å². The summed E-state index contributed by atoms with van der Waals surface area (Å²) < 4.78 is 10.7. The van der Waals surface area contributed by atoms with E-state index < -0.39 is 0 Å². The first-order chi connectivity index (χ1) is 7.38.